The van der Waals surface area contributed by atoms with E-state index in [1.165, 1.54) is 0 Å². The molecule has 18 heavy (non-hydrogen) atoms. The van der Waals surface area contributed by atoms with Crippen LogP contribution in [-0.2, 0) is 15.9 Å². The molecule has 2 heterocycles. The molecule has 5 heteroatoms. The van der Waals surface area contributed by atoms with Crippen molar-refractivity contribution >= 4 is 5.69 Å². The topological polar surface area (TPSA) is 83.4 Å². The monoisotopic (exact) mass is 251 g/mol. The van der Waals surface area contributed by atoms with Gasteiger partial charge in [0.2, 0.25) is 0 Å². The summed E-state index contributed by atoms with van der Waals surface area (Å²) < 4.78 is 11.1. The van der Waals surface area contributed by atoms with Crippen LogP contribution >= 0.6 is 0 Å². The molecule has 1 fully saturated rings. The van der Waals surface area contributed by atoms with Crippen molar-refractivity contribution in [1.82, 2.24) is 4.98 Å². The molecule has 1 aromatic heterocycles. The number of hydrogen-bond acceptors (Lipinski definition) is 5. The van der Waals surface area contributed by atoms with Crippen LogP contribution in [-0.4, -0.2) is 37.0 Å². The summed E-state index contributed by atoms with van der Waals surface area (Å²) in [6.07, 6.45) is 5.78. The minimum Gasteiger partial charge on any atom is -0.398 e. The van der Waals surface area contributed by atoms with Crippen LogP contribution in [0.2, 0.25) is 0 Å². The molecule has 5 nitrogen and oxygen atoms in total. The Morgan fingerprint density at radius 1 is 1.50 bits per heavy atom. The number of nitrogens with zero attached hydrogens (tertiary/aromatic N) is 1. The van der Waals surface area contributed by atoms with Gasteiger partial charge in [-0.05, 0) is 18.1 Å². The number of nitrogen functional groups attached to an aromatic ring is 1. The summed E-state index contributed by atoms with van der Waals surface area (Å²) in [5, 5.41) is 0. The van der Waals surface area contributed by atoms with Crippen molar-refractivity contribution in [3.8, 4) is 0 Å². The number of ether oxygens (including phenoxy) is 2. The number of hydrogen-bond donors (Lipinski definition) is 2. The van der Waals surface area contributed by atoms with Crippen molar-refractivity contribution in [2.45, 2.75) is 30.9 Å². The predicted molar refractivity (Wildman–Crippen MR) is 70.1 cm³/mol. The van der Waals surface area contributed by atoms with E-state index >= 15 is 0 Å². The van der Waals surface area contributed by atoms with Gasteiger partial charge in [0.25, 0.3) is 0 Å². The molecule has 0 bridgehead atoms. The minimum atomic E-state index is -0.305. The molecule has 4 N–H and O–H groups in total. The summed E-state index contributed by atoms with van der Waals surface area (Å²) in [5.74, 6) is 0. The summed E-state index contributed by atoms with van der Waals surface area (Å²) >= 11 is 0. The summed E-state index contributed by atoms with van der Waals surface area (Å²) in [7, 11) is 1.72. The van der Waals surface area contributed by atoms with Gasteiger partial charge in [0.15, 0.2) is 0 Å². The minimum absolute atomic E-state index is 0.0992. The first-order valence-corrected chi connectivity index (χ1v) is 6.25. The molecule has 1 saturated heterocycles. The molecule has 0 spiro atoms. The van der Waals surface area contributed by atoms with Gasteiger partial charge in [-0.1, -0.05) is 0 Å². The Bertz CT molecular complexity index is 392. The van der Waals surface area contributed by atoms with Crippen LogP contribution in [0.4, 0.5) is 5.69 Å². The molecule has 1 aliphatic heterocycles. The molecular formula is C13H21N3O2. The second-order valence-corrected chi connectivity index (χ2v) is 4.77. The first kappa shape index (κ1) is 13.3. The Morgan fingerprint density at radius 2 is 2.22 bits per heavy atom. The van der Waals surface area contributed by atoms with Gasteiger partial charge in [-0.2, -0.15) is 0 Å². The lowest BCUT2D eigenvalue weighted by atomic mass is 9.83. The van der Waals surface area contributed by atoms with Gasteiger partial charge in [0.1, 0.15) is 0 Å². The van der Waals surface area contributed by atoms with E-state index in [0.717, 1.165) is 24.1 Å². The van der Waals surface area contributed by atoms with Crippen LogP contribution in [0.1, 0.15) is 18.4 Å². The van der Waals surface area contributed by atoms with Crippen LogP contribution in [0, 0.1) is 0 Å². The molecule has 1 aliphatic rings. The largest absolute Gasteiger partial charge is 0.398 e. The molecular weight excluding hydrogens is 230 g/mol. The number of aromatic nitrogens is 1. The second kappa shape index (κ2) is 5.65. The SMILES string of the molecule is COC1(C(N)Cc2cnccc2N)CCOCC1. The van der Waals surface area contributed by atoms with Gasteiger partial charge < -0.3 is 20.9 Å². The molecule has 0 aromatic carbocycles. The number of anilines is 1. The van der Waals surface area contributed by atoms with Crippen LogP contribution in [0.15, 0.2) is 18.5 Å². The zero-order valence-electron chi connectivity index (χ0n) is 10.8. The molecule has 0 radical (unpaired) electrons. The fraction of sp³-hybridized carbons (Fsp3) is 0.615. The third-order valence-electron chi connectivity index (χ3n) is 3.80. The van der Waals surface area contributed by atoms with E-state index in [0.29, 0.717) is 19.6 Å². The van der Waals surface area contributed by atoms with E-state index in [2.05, 4.69) is 4.98 Å². The smallest absolute Gasteiger partial charge is 0.0875 e. The van der Waals surface area contributed by atoms with Crippen molar-refractivity contribution in [1.29, 1.82) is 0 Å². The van der Waals surface area contributed by atoms with Crippen molar-refractivity contribution in [3.05, 3.63) is 24.0 Å². The fourth-order valence-corrected chi connectivity index (χ4v) is 2.47. The second-order valence-electron chi connectivity index (χ2n) is 4.77. The third kappa shape index (κ3) is 2.63. The summed E-state index contributed by atoms with van der Waals surface area (Å²) in [4.78, 5) is 4.09. The van der Waals surface area contributed by atoms with Crippen molar-refractivity contribution < 1.29 is 9.47 Å². The highest BCUT2D eigenvalue weighted by atomic mass is 16.5. The van der Waals surface area contributed by atoms with E-state index in [1.807, 2.05) is 0 Å². The van der Waals surface area contributed by atoms with Gasteiger partial charge in [-0.3, -0.25) is 4.98 Å². The summed E-state index contributed by atoms with van der Waals surface area (Å²) in [6, 6.07) is 1.70. The Hall–Kier alpha value is -1.17. The first-order chi connectivity index (χ1) is 8.68. The van der Waals surface area contributed by atoms with Crippen LogP contribution in [0.25, 0.3) is 0 Å². The Morgan fingerprint density at radius 3 is 2.83 bits per heavy atom. The van der Waals surface area contributed by atoms with Crippen LogP contribution in [0.5, 0.6) is 0 Å². The number of nitrogens with two attached hydrogens (primary N) is 2. The van der Waals surface area contributed by atoms with Crippen LogP contribution < -0.4 is 11.5 Å². The average molecular weight is 251 g/mol. The third-order valence-corrected chi connectivity index (χ3v) is 3.80. The zero-order valence-corrected chi connectivity index (χ0v) is 10.8. The van der Waals surface area contributed by atoms with E-state index < -0.39 is 0 Å². The number of methoxy groups -OCH3 is 1. The van der Waals surface area contributed by atoms with E-state index in [9.17, 15) is 0 Å². The first-order valence-electron chi connectivity index (χ1n) is 6.25. The molecule has 0 amide bonds. The standard InChI is InChI=1S/C13H21N3O2/c1-17-13(3-6-18-7-4-13)12(15)8-10-9-16-5-2-11(10)14/h2,5,9,12H,3-4,6-8,15H2,1H3,(H2,14,16). The van der Waals surface area contributed by atoms with Crippen molar-refractivity contribution in [3.63, 3.8) is 0 Å². The maximum absolute atomic E-state index is 6.33. The highest BCUT2D eigenvalue weighted by Gasteiger charge is 2.38. The lowest BCUT2D eigenvalue weighted by molar-refractivity contribution is -0.103. The zero-order chi connectivity index (χ0) is 13.0. The van der Waals surface area contributed by atoms with Gasteiger partial charge in [-0.25, -0.2) is 0 Å². The maximum atomic E-state index is 6.33. The quantitative estimate of drug-likeness (QED) is 0.824. The Balaban J connectivity index is 2.10. The van der Waals surface area contributed by atoms with Crippen molar-refractivity contribution in [2.24, 2.45) is 5.73 Å². The molecule has 2 rings (SSSR count). The van der Waals surface area contributed by atoms with E-state index in [4.69, 9.17) is 20.9 Å². The number of pyridine rings is 1. The van der Waals surface area contributed by atoms with Crippen molar-refractivity contribution in [2.75, 3.05) is 26.1 Å². The molecule has 0 saturated carbocycles. The van der Waals surface area contributed by atoms with Gasteiger partial charge in [0.05, 0.1) is 5.60 Å². The van der Waals surface area contributed by atoms with Gasteiger partial charge >= 0.3 is 0 Å². The molecule has 100 valence electrons. The molecule has 1 atom stereocenters. The van der Waals surface area contributed by atoms with Gasteiger partial charge in [0, 0.05) is 57.3 Å². The molecule has 1 unspecified atom stereocenters. The van der Waals surface area contributed by atoms with E-state index in [-0.39, 0.29) is 11.6 Å². The summed E-state index contributed by atoms with van der Waals surface area (Å²) in [6.45, 7) is 1.40. The molecule has 1 aromatic rings. The summed E-state index contributed by atoms with van der Waals surface area (Å²) in [5.41, 5.74) is 13.7. The van der Waals surface area contributed by atoms with Gasteiger partial charge in [-0.15, -0.1) is 0 Å². The number of rotatable bonds is 4. The lowest BCUT2D eigenvalue weighted by Gasteiger charge is -2.40. The average Bonchev–Trinajstić information content (AvgIpc) is 2.42. The lowest BCUT2D eigenvalue weighted by Crippen LogP contribution is -2.54. The molecule has 0 aliphatic carbocycles. The highest BCUT2D eigenvalue weighted by Crippen LogP contribution is 2.29. The Kier molecular flexibility index (Phi) is 4.16. The predicted octanol–water partition coefficient (Wildman–Crippen LogP) is 0.729. The highest BCUT2D eigenvalue weighted by molar-refractivity contribution is 5.44. The Labute approximate surface area is 107 Å². The van der Waals surface area contributed by atoms with E-state index in [1.54, 1.807) is 25.6 Å². The maximum Gasteiger partial charge on any atom is 0.0875 e. The fourth-order valence-electron chi connectivity index (χ4n) is 2.47. The van der Waals surface area contributed by atoms with Crippen LogP contribution in [0.3, 0.4) is 0 Å². The normalized spacial score (nSPS) is 20.6.